The molecule has 8 nitrogen and oxygen atoms in total. The molecule has 0 unspecified atom stereocenters. The van der Waals surface area contributed by atoms with Crippen molar-refractivity contribution < 1.29 is 28.9 Å². The maximum Gasteiger partial charge on any atom is 0.295 e. The number of Topliss-reactive ketones (excluding diaryl/α,β-unsaturated/α-hetero) is 1. The highest BCUT2D eigenvalue weighted by Gasteiger charge is 2.46. The summed E-state index contributed by atoms with van der Waals surface area (Å²) in [5.74, 6) is 0.0983. The van der Waals surface area contributed by atoms with E-state index in [9.17, 15) is 14.7 Å². The maximum absolute atomic E-state index is 13.2. The summed E-state index contributed by atoms with van der Waals surface area (Å²) >= 11 is 0. The van der Waals surface area contributed by atoms with Crippen molar-refractivity contribution in [2.75, 3.05) is 47.0 Å². The number of methoxy groups -OCH3 is 2. The van der Waals surface area contributed by atoms with Gasteiger partial charge in [-0.25, -0.2) is 0 Å². The molecule has 1 fully saturated rings. The van der Waals surface area contributed by atoms with Crippen molar-refractivity contribution in [3.63, 3.8) is 0 Å². The Hall–Kier alpha value is -3.52. The van der Waals surface area contributed by atoms with Crippen LogP contribution in [-0.2, 0) is 9.59 Å². The van der Waals surface area contributed by atoms with Crippen molar-refractivity contribution in [2.45, 2.75) is 26.8 Å². The Morgan fingerprint density at radius 1 is 0.971 bits per heavy atom. The highest BCUT2D eigenvalue weighted by atomic mass is 16.5. The van der Waals surface area contributed by atoms with Gasteiger partial charge >= 0.3 is 0 Å². The fourth-order valence-corrected chi connectivity index (χ4v) is 4.28. The van der Waals surface area contributed by atoms with Crippen molar-refractivity contribution in [1.29, 1.82) is 0 Å². The molecular formula is C27H34N2O6. The molecule has 0 aromatic heterocycles. The van der Waals surface area contributed by atoms with Gasteiger partial charge in [0, 0.05) is 18.7 Å². The summed E-state index contributed by atoms with van der Waals surface area (Å²) in [5, 5.41) is 11.2. The van der Waals surface area contributed by atoms with Crippen molar-refractivity contribution in [3.05, 3.63) is 59.2 Å². The van der Waals surface area contributed by atoms with Crippen LogP contribution in [0.4, 0.5) is 0 Å². The number of amides is 1. The van der Waals surface area contributed by atoms with Crippen LogP contribution in [0.5, 0.6) is 17.2 Å². The minimum Gasteiger partial charge on any atom is -0.507 e. The molecule has 1 aliphatic heterocycles. The molecule has 188 valence electrons. The number of ketones is 1. The summed E-state index contributed by atoms with van der Waals surface area (Å²) in [5.41, 5.74) is 1.13. The molecule has 2 aromatic carbocycles. The predicted molar refractivity (Wildman–Crippen MR) is 134 cm³/mol. The first-order valence-electron chi connectivity index (χ1n) is 11.9. The van der Waals surface area contributed by atoms with E-state index in [2.05, 4.69) is 18.7 Å². The van der Waals surface area contributed by atoms with Crippen LogP contribution < -0.4 is 14.2 Å². The zero-order chi connectivity index (χ0) is 25.5. The average Bonchev–Trinajstić information content (AvgIpc) is 3.14. The van der Waals surface area contributed by atoms with Crippen LogP contribution in [0.1, 0.15) is 37.9 Å². The number of hydrogen-bond acceptors (Lipinski definition) is 7. The van der Waals surface area contributed by atoms with Crippen molar-refractivity contribution in [1.82, 2.24) is 9.80 Å². The molecule has 1 aliphatic rings. The van der Waals surface area contributed by atoms with Gasteiger partial charge in [-0.05, 0) is 62.0 Å². The van der Waals surface area contributed by atoms with Gasteiger partial charge in [0.15, 0.2) is 11.5 Å². The first-order valence-corrected chi connectivity index (χ1v) is 11.9. The van der Waals surface area contributed by atoms with E-state index in [0.29, 0.717) is 48.1 Å². The zero-order valence-corrected chi connectivity index (χ0v) is 21.0. The van der Waals surface area contributed by atoms with Crippen molar-refractivity contribution >= 4 is 17.4 Å². The Balaban J connectivity index is 2.13. The number of benzene rings is 2. The number of carbonyl (C=O) groups is 2. The van der Waals surface area contributed by atoms with E-state index >= 15 is 0 Å². The van der Waals surface area contributed by atoms with Crippen LogP contribution in [0.25, 0.3) is 5.76 Å². The molecule has 0 radical (unpaired) electrons. The summed E-state index contributed by atoms with van der Waals surface area (Å²) < 4.78 is 16.3. The third-order valence-electron chi connectivity index (χ3n) is 6.26. The number of nitrogens with zero attached hydrogens (tertiary/aromatic N) is 2. The van der Waals surface area contributed by atoms with E-state index in [1.165, 1.54) is 12.0 Å². The van der Waals surface area contributed by atoms with Crippen LogP contribution in [-0.4, -0.2) is 73.6 Å². The molecule has 1 atom stereocenters. The van der Waals surface area contributed by atoms with Crippen LogP contribution in [0.2, 0.25) is 0 Å². The summed E-state index contributed by atoms with van der Waals surface area (Å²) in [4.78, 5) is 30.1. The highest BCUT2D eigenvalue weighted by molar-refractivity contribution is 6.46. The van der Waals surface area contributed by atoms with Gasteiger partial charge in [0.05, 0.1) is 32.4 Å². The van der Waals surface area contributed by atoms with Gasteiger partial charge in [0.2, 0.25) is 0 Å². The number of likely N-dealkylation sites (tertiary alicyclic amines) is 1. The normalized spacial score (nSPS) is 17.2. The van der Waals surface area contributed by atoms with Gasteiger partial charge in [-0.2, -0.15) is 0 Å². The Morgan fingerprint density at radius 3 is 2.23 bits per heavy atom. The second-order valence-corrected chi connectivity index (χ2v) is 8.09. The molecule has 1 saturated heterocycles. The Kier molecular flexibility index (Phi) is 8.76. The third kappa shape index (κ3) is 5.43. The van der Waals surface area contributed by atoms with Gasteiger partial charge in [-0.15, -0.1) is 0 Å². The number of ether oxygens (including phenoxy) is 3. The fourth-order valence-electron chi connectivity index (χ4n) is 4.28. The second kappa shape index (κ2) is 11.8. The number of hydrogen-bond donors (Lipinski definition) is 1. The molecular weight excluding hydrogens is 448 g/mol. The molecule has 1 amide bonds. The first-order chi connectivity index (χ1) is 16.9. The summed E-state index contributed by atoms with van der Waals surface area (Å²) in [6, 6.07) is 11.3. The largest absolute Gasteiger partial charge is 0.507 e. The van der Waals surface area contributed by atoms with Gasteiger partial charge in [0.25, 0.3) is 11.7 Å². The van der Waals surface area contributed by atoms with Gasteiger partial charge < -0.3 is 29.1 Å². The van der Waals surface area contributed by atoms with Crippen LogP contribution >= 0.6 is 0 Å². The Labute approximate surface area is 206 Å². The van der Waals surface area contributed by atoms with Crippen LogP contribution in [0.3, 0.4) is 0 Å². The molecule has 8 heteroatoms. The van der Waals surface area contributed by atoms with E-state index in [0.717, 1.165) is 13.1 Å². The minimum absolute atomic E-state index is 0.0472. The SMILES string of the molecule is CCOc1ccc([C@@H]2/C(=C(\O)c3ccc(OC)cc3)C(=O)C(=O)N2CCN(CC)CC)cc1OC. The molecule has 1 heterocycles. The summed E-state index contributed by atoms with van der Waals surface area (Å²) in [6.07, 6.45) is 0. The Morgan fingerprint density at radius 2 is 1.66 bits per heavy atom. The molecule has 0 spiro atoms. The van der Waals surface area contributed by atoms with E-state index in [4.69, 9.17) is 14.2 Å². The van der Waals surface area contributed by atoms with E-state index in [1.54, 1.807) is 49.6 Å². The Bertz CT molecular complexity index is 1080. The lowest BCUT2D eigenvalue weighted by Crippen LogP contribution is -2.38. The smallest absolute Gasteiger partial charge is 0.295 e. The van der Waals surface area contributed by atoms with E-state index in [1.807, 2.05) is 6.92 Å². The van der Waals surface area contributed by atoms with Crippen molar-refractivity contribution in [3.8, 4) is 17.2 Å². The monoisotopic (exact) mass is 482 g/mol. The molecule has 0 saturated carbocycles. The lowest BCUT2D eigenvalue weighted by Gasteiger charge is -2.28. The van der Waals surface area contributed by atoms with Crippen molar-refractivity contribution in [2.24, 2.45) is 0 Å². The average molecular weight is 483 g/mol. The third-order valence-corrected chi connectivity index (χ3v) is 6.26. The van der Waals surface area contributed by atoms with Crippen LogP contribution in [0, 0.1) is 0 Å². The molecule has 2 aromatic rings. The lowest BCUT2D eigenvalue weighted by atomic mass is 9.95. The second-order valence-electron chi connectivity index (χ2n) is 8.09. The minimum atomic E-state index is -0.766. The molecule has 0 aliphatic carbocycles. The first kappa shape index (κ1) is 26.1. The fraction of sp³-hybridized carbons (Fsp3) is 0.407. The topological polar surface area (TPSA) is 88.5 Å². The number of aliphatic hydroxyl groups excluding tert-OH is 1. The van der Waals surface area contributed by atoms with Gasteiger partial charge in [-0.1, -0.05) is 19.9 Å². The highest BCUT2D eigenvalue weighted by Crippen LogP contribution is 2.42. The number of carbonyl (C=O) groups excluding carboxylic acids is 2. The zero-order valence-electron chi connectivity index (χ0n) is 21.0. The number of aliphatic hydroxyl groups is 1. The molecule has 35 heavy (non-hydrogen) atoms. The predicted octanol–water partition coefficient (Wildman–Crippen LogP) is 3.87. The maximum atomic E-state index is 13.2. The number of likely N-dealkylation sites (N-methyl/N-ethyl adjacent to an activating group) is 1. The lowest BCUT2D eigenvalue weighted by molar-refractivity contribution is -0.140. The number of rotatable bonds is 11. The standard InChI is InChI=1S/C27H34N2O6/c1-6-28(7-2)15-16-29-24(19-11-14-21(35-8-3)22(17-19)34-5)23(26(31)27(29)32)25(30)18-9-12-20(33-4)13-10-18/h9-14,17,24,30H,6-8,15-16H2,1-5H3/b25-23+/t24-/m1/s1. The van der Waals surface area contributed by atoms with Gasteiger partial charge in [-0.3, -0.25) is 9.59 Å². The summed E-state index contributed by atoms with van der Waals surface area (Å²) in [6.45, 7) is 9.05. The van der Waals surface area contributed by atoms with Gasteiger partial charge in [0.1, 0.15) is 11.5 Å². The molecule has 0 bridgehead atoms. The summed E-state index contributed by atoms with van der Waals surface area (Å²) in [7, 11) is 3.09. The quantitative estimate of drug-likeness (QED) is 0.296. The van der Waals surface area contributed by atoms with E-state index < -0.39 is 17.7 Å². The molecule has 1 N–H and O–H groups in total. The molecule has 3 rings (SSSR count). The van der Waals surface area contributed by atoms with Crippen LogP contribution in [0.15, 0.2) is 48.0 Å². The van der Waals surface area contributed by atoms with E-state index in [-0.39, 0.29) is 11.3 Å².